The van der Waals surface area contributed by atoms with Crippen LogP contribution in [0.1, 0.15) is 13.3 Å². The van der Waals surface area contributed by atoms with Gasteiger partial charge in [0, 0.05) is 16.9 Å². The molecule has 7 nitrogen and oxygen atoms in total. The van der Waals surface area contributed by atoms with Gasteiger partial charge in [-0.3, -0.25) is 9.59 Å². The molecule has 8 heteroatoms. The van der Waals surface area contributed by atoms with E-state index in [1.165, 1.54) is 4.90 Å². The van der Waals surface area contributed by atoms with Crippen molar-refractivity contribution in [2.24, 2.45) is 0 Å². The molecule has 1 aliphatic heterocycles. The van der Waals surface area contributed by atoms with Gasteiger partial charge in [-0.1, -0.05) is 34.1 Å². The maximum Gasteiger partial charge on any atom is 0.344 e. The van der Waals surface area contributed by atoms with E-state index in [4.69, 9.17) is 9.47 Å². The minimum atomic E-state index is -0.654. The summed E-state index contributed by atoms with van der Waals surface area (Å²) >= 11 is 3.32. The zero-order valence-corrected chi connectivity index (χ0v) is 16.8. The van der Waals surface area contributed by atoms with Crippen molar-refractivity contribution in [1.82, 2.24) is 0 Å². The first-order valence-corrected chi connectivity index (χ1v) is 9.48. The second-order valence-electron chi connectivity index (χ2n) is 6.29. The van der Waals surface area contributed by atoms with Crippen molar-refractivity contribution in [2.75, 3.05) is 23.4 Å². The van der Waals surface area contributed by atoms with E-state index in [0.29, 0.717) is 17.1 Å². The molecule has 0 bridgehead atoms. The van der Waals surface area contributed by atoms with E-state index in [1.54, 1.807) is 49.4 Å². The molecule has 146 valence electrons. The minimum absolute atomic E-state index is 0.153. The third-order valence-corrected chi connectivity index (χ3v) is 4.63. The Labute approximate surface area is 170 Å². The zero-order chi connectivity index (χ0) is 20.1. The van der Waals surface area contributed by atoms with Crippen LogP contribution in [-0.4, -0.2) is 37.0 Å². The number of esters is 1. The molecule has 0 saturated carbocycles. The highest BCUT2D eigenvalue weighted by Gasteiger charge is 2.30. The first-order chi connectivity index (χ1) is 13.4. The Balaban J connectivity index is 1.60. The van der Waals surface area contributed by atoms with Gasteiger partial charge in [-0.25, -0.2) is 4.79 Å². The van der Waals surface area contributed by atoms with Gasteiger partial charge in [-0.05, 0) is 37.3 Å². The smallest absolute Gasteiger partial charge is 0.344 e. The number of fused-ring (bicyclic) bond motifs is 1. The summed E-state index contributed by atoms with van der Waals surface area (Å²) in [5.74, 6) is -0.725. The van der Waals surface area contributed by atoms with Crippen LogP contribution in [0.5, 0.6) is 5.75 Å². The van der Waals surface area contributed by atoms with Gasteiger partial charge in [0.1, 0.15) is 5.75 Å². The Kier molecular flexibility index (Phi) is 6.30. The monoisotopic (exact) mass is 446 g/mol. The first kappa shape index (κ1) is 19.9. The summed E-state index contributed by atoms with van der Waals surface area (Å²) in [6.45, 7) is 1.03. The molecule has 2 amide bonds. The van der Waals surface area contributed by atoms with Gasteiger partial charge in [0.15, 0.2) is 13.2 Å². The topological polar surface area (TPSA) is 84.9 Å². The predicted octanol–water partition coefficient (Wildman–Crippen LogP) is 3.14. The highest BCUT2D eigenvalue weighted by atomic mass is 79.9. The predicted molar refractivity (Wildman–Crippen MR) is 107 cm³/mol. The van der Waals surface area contributed by atoms with Gasteiger partial charge in [0.25, 0.3) is 5.91 Å². The number of amides is 2. The molecule has 0 spiro atoms. The molecule has 2 aromatic carbocycles. The number of anilines is 2. The molecule has 0 fully saturated rings. The van der Waals surface area contributed by atoms with E-state index in [0.717, 1.165) is 4.47 Å². The molecule has 0 aromatic heterocycles. The van der Waals surface area contributed by atoms with Gasteiger partial charge < -0.3 is 19.7 Å². The molecular formula is C20H19BrN2O5. The molecule has 3 rings (SSSR count). The van der Waals surface area contributed by atoms with Crippen LogP contribution in [0.25, 0.3) is 0 Å². The van der Waals surface area contributed by atoms with Crippen molar-refractivity contribution in [3.63, 3.8) is 0 Å². The number of ether oxygens (including phenoxy) is 2. The maximum absolute atomic E-state index is 12.7. The Bertz CT molecular complexity index is 902. The molecule has 0 saturated heterocycles. The summed E-state index contributed by atoms with van der Waals surface area (Å²) in [5, 5.41) is 2.78. The molecule has 28 heavy (non-hydrogen) atoms. The zero-order valence-electron chi connectivity index (χ0n) is 15.2. The SMILES string of the molecule is CC1CC(=O)Nc2ccccc2N1C(=O)COC(=O)COc1cccc(Br)c1. The number of carbonyl (C=O) groups excluding carboxylic acids is 3. The van der Waals surface area contributed by atoms with Crippen molar-refractivity contribution < 1.29 is 23.9 Å². The average molecular weight is 447 g/mol. The van der Waals surface area contributed by atoms with Gasteiger partial charge in [-0.2, -0.15) is 0 Å². The van der Waals surface area contributed by atoms with Crippen LogP contribution in [0.15, 0.2) is 53.0 Å². The van der Waals surface area contributed by atoms with Gasteiger partial charge in [0.05, 0.1) is 11.4 Å². The van der Waals surface area contributed by atoms with Crippen molar-refractivity contribution in [1.29, 1.82) is 0 Å². The molecule has 1 aliphatic rings. The minimum Gasteiger partial charge on any atom is -0.482 e. The quantitative estimate of drug-likeness (QED) is 0.713. The molecule has 1 N–H and O–H groups in total. The number of hydrogen-bond donors (Lipinski definition) is 1. The highest BCUT2D eigenvalue weighted by molar-refractivity contribution is 9.10. The number of carbonyl (C=O) groups is 3. The van der Waals surface area contributed by atoms with Crippen LogP contribution < -0.4 is 15.0 Å². The second kappa shape index (κ2) is 8.88. The van der Waals surface area contributed by atoms with E-state index in [2.05, 4.69) is 21.2 Å². The molecule has 1 heterocycles. The van der Waals surface area contributed by atoms with Crippen LogP contribution in [0.4, 0.5) is 11.4 Å². The fourth-order valence-electron chi connectivity index (χ4n) is 2.92. The van der Waals surface area contributed by atoms with Crippen molar-refractivity contribution in [2.45, 2.75) is 19.4 Å². The Morgan fingerprint density at radius 3 is 2.75 bits per heavy atom. The lowest BCUT2D eigenvalue weighted by Gasteiger charge is -2.27. The lowest BCUT2D eigenvalue weighted by atomic mass is 10.1. The van der Waals surface area contributed by atoms with E-state index in [-0.39, 0.29) is 25.0 Å². The van der Waals surface area contributed by atoms with Crippen LogP contribution in [0.2, 0.25) is 0 Å². The molecule has 1 unspecified atom stereocenters. The number of hydrogen-bond acceptors (Lipinski definition) is 5. The number of halogens is 1. The number of benzene rings is 2. The number of nitrogens with zero attached hydrogens (tertiary/aromatic N) is 1. The Hall–Kier alpha value is -2.87. The Morgan fingerprint density at radius 1 is 1.18 bits per heavy atom. The van der Waals surface area contributed by atoms with Crippen molar-refractivity contribution in [3.05, 3.63) is 53.0 Å². The average Bonchev–Trinajstić information content (AvgIpc) is 2.78. The van der Waals surface area contributed by atoms with E-state index < -0.39 is 18.5 Å². The molecule has 1 atom stereocenters. The van der Waals surface area contributed by atoms with Gasteiger partial charge in [0.2, 0.25) is 5.91 Å². The van der Waals surface area contributed by atoms with Crippen LogP contribution in [-0.2, 0) is 19.1 Å². The number of rotatable bonds is 5. The normalized spacial score (nSPS) is 15.9. The molecule has 0 aliphatic carbocycles. The van der Waals surface area contributed by atoms with E-state index in [9.17, 15) is 14.4 Å². The van der Waals surface area contributed by atoms with Crippen molar-refractivity contribution >= 4 is 45.1 Å². The van der Waals surface area contributed by atoms with Gasteiger partial charge in [-0.15, -0.1) is 0 Å². The van der Waals surface area contributed by atoms with E-state index >= 15 is 0 Å². The third-order valence-electron chi connectivity index (χ3n) is 4.14. The Morgan fingerprint density at radius 2 is 1.96 bits per heavy atom. The van der Waals surface area contributed by atoms with Gasteiger partial charge >= 0.3 is 5.97 Å². The largest absolute Gasteiger partial charge is 0.482 e. The third kappa shape index (κ3) is 4.89. The molecule has 0 radical (unpaired) electrons. The van der Waals surface area contributed by atoms with Crippen LogP contribution in [0, 0.1) is 0 Å². The second-order valence-corrected chi connectivity index (χ2v) is 7.20. The summed E-state index contributed by atoms with van der Waals surface area (Å²) in [4.78, 5) is 38.1. The molecule has 2 aromatic rings. The van der Waals surface area contributed by atoms with Crippen LogP contribution >= 0.6 is 15.9 Å². The number of para-hydroxylation sites is 2. The first-order valence-electron chi connectivity index (χ1n) is 8.69. The maximum atomic E-state index is 12.7. The lowest BCUT2D eigenvalue weighted by molar-refractivity contribution is -0.149. The summed E-state index contributed by atoms with van der Waals surface area (Å²) in [6.07, 6.45) is 0.153. The van der Waals surface area contributed by atoms with E-state index in [1.807, 2.05) is 6.07 Å². The standard InChI is InChI=1S/C20H19BrN2O5/c1-13-9-18(24)22-16-7-2-3-8-17(16)23(13)19(25)11-28-20(26)12-27-15-6-4-5-14(21)10-15/h2-8,10,13H,9,11-12H2,1H3,(H,22,24). The fraction of sp³-hybridized carbons (Fsp3) is 0.250. The number of nitrogens with one attached hydrogen (secondary N) is 1. The fourth-order valence-corrected chi connectivity index (χ4v) is 3.30. The van der Waals surface area contributed by atoms with Crippen LogP contribution in [0.3, 0.4) is 0 Å². The summed E-state index contributed by atoms with van der Waals surface area (Å²) in [7, 11) is 0. The summed E-state index contributed by atoms with van der Waals surface area (Å²) in [6, 6.07) is 13.7. The summed E-state index contributed by atoms with van der Waals surface area (Å²) < 4.78 is 11.2. The summed E-state index contributed by atoms with van der Waals surface area (Å²) in [5.41, 5.74) is 1.13. The highest BCUT2D eigenvalue weighted by Crippen LogP contribution is 2.31. The molecular weight excluding hydrogens is 428 g/mol. The van der Waals surface area contributed by atoms with Crippen molar-refractivity contribution in [3.8, 4) is 5.75 Å². The lowest BCUT2D eigenvalue weighted by Crippen LogP contribution is -2.41.